The van der Waals surface area contributed by atoms with Crippen LogP contribution in [0, 0.1) is 13.8 Å². The Balaban J connectivity index is 1.63. The number of hydrogen-bond acceptors (Lipinski definition) is 0. The number of benzene rings is 6. The fourth-order valence-electron chi connectivity index (χ4n) is 5.49. The molecule has 6 heteroatoms. The van der Waals surface area contributed by atoms with Gasteiger partial charge in [0, 0.05) is 0 Å². The Hall–Kier alpha value is -4.06. The van der Waals surface area contributed by atoms with Gasteiger partial charge in [0.15, 0.2) is 0 Å². The molecule has 6 rings (SSSR count). The average Bonchev–Trinajstić information content (AvgIpc) is 2.86. The van der Waals surface area contributed by atoms with Crippen molar-refractivity contribution in [3.05, 3.63) is 107 Å². The number of alkyl halides is 6. The van der Waals surface area contributed by atoms with Crippen molar-refractivity contribution in [1.82, 2.24) is 0 Å². The minimum atomic E-state index is -4.47. The van der Waals surface area contributed by atoms with E-state index in [1.165, 1.54) is 38.1 Å². The van der Waals surface area contributed by atoms with Gasteiger partial charge in [0.1, 0.15) is 0 Å². The Bertz CT molecular complexity index is 1720. The standard InChI is InChI=1S/C32H20F6/c1-17-3-5-21(15-27(17)31(33,34)35)23-11-7-19-10-14-26-24(12-8-20-9-13-25(23)29(19)30(20)26)22-6-4-18(2)28(16-22)32(36,37)38/h3-16H,1-2H3. The van der Waals surface area contributed by atoms with Gasteiger partial charge in [0.05, 0.1) is 11.1 Å². The van der Waals surface area contributed by atoms with E-state index in [1.807, 2.05) is 48.5 Å². The van der Waals surface area contributed by atoms with Crippen LogP contribution in [-0.2, 0) is 12.4 Å². The van der Waals surface area contributed by atoms with Crippen molar-refractivity contribution < 1.29 is 26.3 Å². The van der Waals surface area contributed by atoms with Crippen LogP contribution in [0.2, 0.25) is 0 Å². The lowest BCUT2D eigenvalue weighted by molar-refractivity contribution is -0.138. The van der Waals surface area contributed by atoms with Gasteiger partial charge < -0.3 is 0 Å². The summed E-state index contributed by atoms with van der Waals surface area (Å²) in [5.74, 6) is 0. The summed E-state index contributed by atoms with van der Waals surface area (Å²) < 4.78 is 81.9. The minimum Gasteiger partial charge on any atom is -0.166 e. The molecular weight excluding hydrogens is 498 g/mol. The van der Waals surface area contributed by atoms with Gasteiger partial charge >= 0.3 is 12.4 Å². The summed E-state index contributed by atoms with van der Waals surface area (Å²) in [5.41, 5.74) is 1.18. The molecule has 0 radical (unpaired) electrons. The van der Waals surface area contributed by atoms with Gasteiger partial charge in [-0.25, -0.2) is 0 Å². The molecule has 0 N–H and O–H groups in total. The summed E-state index contributed by atoms with van der Waals surface area (Å²) in [6.45, 7) is 2.88. The van der Waals surface area contributed by atoms with Gasteiger partial charge in [-0.2, -0.15) is 26.3 Å². The van der Waals surface area contributed by atoms with Crippen molar-refractivity contribution in [3.8, 4) is 22.3 Å². The summed E-state index contributed by atoms with van der Waals surface area (Å²) in [6, 6.07) is 23.7. The lowest BCUT2D eigenvalue weighted by atomic mass is 9.86. The Morgan fingerprint density at radius 3 is 1.18 bits per heavy atom. The van der Waals surface area contributed by atoms with Gasteiger partial charge in [0.25, 0.3) is 0 Å². The number of hydrogen-bond donors (Lipinski definition) is 0. The van der Waals surface area contributed by atoms with Gasteiger partial charge in [-0.3, -0.25) is 0 Å². The molecule has 6 aromatic rings. The first-order chi connectivity index (χ1) is 17.9. The monoisotopic (exact) mass is 518 g/mol. The zero-order chi connectivity index (χ0) is 27.0. The van der Waals surface area contributed by atoms with E-state index in [0.29, 0.717) is 22.3 Å². The molecule has 6 aromatic carbocycles. The normalized spacial score (nSPS) is 12.7. The van der Waals surface area contributed by atoms with Crippen LogP contribution in [-0.4, -0.2) is 0 Å². The van der Waals surface area contributed by atoms with Crippen LogP contribution in [0.3, 0.4) is 0 Å². The fraction of sp³-hybridized carbons (Fsp3) is 0.125. The number of aryl methyl sites for hydroxylation is 2. The minimum absolute atomic E-state index is 0.153. The predicted octanol–water partition coefficient (Wildman–Crippen LogP) is 10.6. The van der Waals surface area contributed by atoms with E-state index in [2.05, 4.69) is 0 Å². The van der Waals surface area contributed by atoms with Crippen molar-refractivity contribution in [2.24, 2.45) is 0 Å². The van der Waals surface area contributed by atoms with E-state index in [4.69, 9.17) is 0 Å². The van der Waals surface area contributed by atoms with Crippen LogP contribution in [0.1, 0.15) is 22.3 Å². The summed E-state index contributed by atoms with van der Waals surface area (Å²) in [4.78, 5) is 0. The molecule has 0 aliphatic carbocycles. The fourth-order valence-corrected chi connectivity index (χ4v) is 5.49. The Morgan fingerprint density at radius 1 is 0.447 bits per heavy atom. The SMILES string of the molecule is Cc1ccc(-c2ccc3ccc4c(-c5ccc(C)c(C(F)(F)F)c5)ccc5ccc2c3c54)cc1C(F)(F)F. The van der Waals surface area contributed by atoms with Crippen LogP contribution in [0.15, 0.2) is 84.9 Å². The Labute approximate surface area is 214 Å². The first-order valence-electron chi connectivity index (χ1n) is 12.0. The van der Waals surface area contributed by atoms with E-state index in [0.717, 1.165) is 32.3 Å². The van der Waals surface area contributed by atoms with Crippen LogP contribution in [0.25, 0.3) is 54.6 Å². The van der Waals surface area contributed by atoms with E-state index >= 15 is 0 Å². The highest BCUT2D eigenvalue weighted by molar-refractivity contribution is 6.27. The smallest absolute Gasteiger partial charge is 0.166 e. The van der Waals surface area contributed by atoms with Crippen LogP contribution in [0.4, 0.5) is 26.3 Å². The molecule has 0 aliphatic rings. The first-order valence-corrected chi connectivity index (χ1v) is 12.0. The molecule has 38 heavy (non-hydrogen) atoms. The topological polar surface area (TPSA) is 0 Å². The van der Waals surface area contributed by atoms with Crippen molar-refractivity contribution in [2.45, 2.75) is 26.2 Å². The molecule has 0 nitrogen and oxygen atoms in total. The summed E-state index contributed by atoms with van der Waals surface area (Å²) in [6.07, 6.45) is -8.94. The van der Waals surface area contributed by atoms with Crippen molar-refractivity contribution >= 4 is 32.3 Å². The lowest BCUT2D eigenvalue weighted by Gasteiger charge is -2.18. The highest BCUT2D eigenvalue weighted by atomic mass is 19.4. The zero-order valence-corrected chi connectivity index (χ0v) is 20.4. The second-order valence-corrected chi connectivity index (χ2v) is 9.70. The van der Waals surface area contributed by atoms with E-state index in [-0.39, 0.29) is 11.1 Å². The molecule has 0 aliphatic heterocycles. The second-order valence-electron chi connectivity index (χ2n) is 9.70. The third-order valence-corrected chi connectivity index (χ3v) is 7.37. The average molecular weight is 519 g/mol. The molecule has 0 unspecified atom stereocenters. The van der Waals surface area contributed by atoms with E-state index in [1.54, 1.807) is 12.1 Å². The maximum Gasteiger partial charge on any atom is 0.416 e. The van der Waals surface area contributed by atoms with Crippen LogP contribution >= 0.6 is 0 Å². The quantitative estimate of drug-likeness (QED) is 0.158. The van der Waals surface area contributed by atoms with Crippen LogP contribution in [0.5, 0.6) is 0 Å². The molecule has 0 bridgehead atoms. The zero-order valence-electron chi connectivity index (χ0n) is 20.4. The maximum atomic E-state index is 13.6. The Kier molecular flexibility index (Phi) is 5.25. The number of rotatable bonds is 2. The number of halogens is 6. The van der Waals surface area contributed by atoms with Gasteiger partial charge in [-0.15, -0.1) is 0 Å². The molecule has 0 spiro atoms. The van der Waals surface area contributed by atoms with E-state index in [9.17, 15) is 26.3 Å². The Morgan fingerprint density at radius 2 is 0.816 bits per heavy atom. The molecule has 190 valence electrons. The maximum absolute atomic E-state index is 13.6. The molecule has 0 amide bonds. The third kappa shape index (κ3) is 3.78. The van der Waals surface area contributed by atoms with Crippen LogP contribution < -0.4 is 0 Å². The molecule has 0 saturated heterocycles. The van der Waals surface area contributed by atoms with Crippen molar-refractivity contribution in [2.75, 3.05) is 0 Å². The molecule has 0 saturated carbocycles. The third-order valence-electron chi connectivity index (χ3n) is 7.37. The summed E-state index contributed by atoms with van der Waals surface area (Å²) in [7, 11) is 0. The molecular formula is C32H20F6. The summed E-state index contributed by atoms with van der Waals surface area (Å²) >= 11 is 0. The molecule has 0 atom stereocenters. The summed E-state index contributed by atoms with van der Waals surface area (Å²) in [5, 5.41) is 5.13. The molecule has 0 heterocycles. The lowest BCUT2D eigenvalue weighted by Crippen LogP contribution is -2.07. The van der Waals surface area contributed by atoms with Gasteiger partial charge in [-0.1, -0.05) is 72.8 Å². The predicted molar refractivity (Wildman–Crippen MR) is 140 cm³/mol. The van der Waals surface area contributed by atoms with Crippen molar-refractivity contribution in [1.29, 1.82) is 0 Å². The van der Waals surface area contributed by atoms with Crippen molar-refractivity contribution in [3.63, 3.8) is 0 Å². The highest BCUT2D eigenvalue weighted by Gasteiger charge is 2.33. The van der Waals surface area contributed by atoms with Gasteiger partial charge in [0.2, 0.25) is 0 Å². The van der Waals surface area contributed by atoms with E-state index < -0.39 is 23.5 Å². The second kappa shape index (κ2) is 8.22. The highest BCUT2D eigenvalue weighted by Crippen LogP contribution is 2.44. The molecule has 0 fully saturated rings. The largest absolute Gasteiger partial charge is 0.416 e. The van der Waals surface area contributed by atoms with Gasteiger partial charge in [-0.05, 0) is 91.7 Å². The molecule has 0 aromatic heterocycles. The first kappa shape index (κ1) is 24.3.